The monoisotopic (exact) mass is 416 g/mol. The molecule has 4 aromatic rings. The molecule has 0 unspecified atom stereocenters. The number of para-hydroxylation sites is 1. The predicted molar refractivity (Wildman–Crippen MR) is 123 cm³/mol. The van der Waals surface area contributed by atoms with Crippen molar-refractivity contribution in [3.8, 4) is 0 Å². The number of pyridine rings is 1. The van der Waals surface area contributed by atoms with Crippen molar-refractivity contribution in [2.75, 3.05) is 5.32 Å². The maximum Gasteiger partial charge on any atom is 0.244 e. The van der Waals surface area contributed by atoms with Gasteiger partial charge in [0.05, 0.1) is 17.2 Å². The molecule has 2 aromatic heterocycles. The summed E-state index contributed by atoms with van der Waals surface area (Å²) in [6.45, 7) is 4.36. The lowest BCUT2D eigenvalue weighted by Crippen LogP contribution is -2.20. The number of aryl methyl sites for hydroxylation is 2. The summed E-state index contributed by atoms with van der Waals surface area (Å²) >= 11 is 1.63. The number of nitrogens with zero attached hydrogens (tertiary/aromatic N) is 3. The normalized spacial score (nSPS) is 11.0. The van der Waals surface area contributed by atoms with Gasteiger partial charge in [-0.25, -0.2) is 4.98 Å². The van der Waals surface area contributed by atoms with Crippen LogP contribution in [0, 0.1) is 6.92 Å². The Kier molecular flexibility index (Phi) is 6.14. The number of aromatic nitrogens is 3. The van der Waals surface area contributed by atoms with E-state index in [4.69, 9.17) is 4.98 Å². The molecule has 0 aliphatic carbocycles. The van der Waals surface area contributed by atoms with E-state index >= 15 is 0 Å². The number of fused-ring (bicyclic) bond motifs is 1. The summed E-state index contributed by atoms with van der Waals surface area (Å²) < 4.78 is 1.95. The zero-order valence-electron chi connectivity index (χ0n) is 17.1. The Morgan fingerprint density at radius 2 is 1.90 bits per heavy atom. The third-order valence-electron chi connectivity index (χ3n) is 4.98. The highest BCUT2D eigenvalue weighted by Gasteiger charge is 2.15. The molecular formula is C24H24N4OS. The quantitative estimate of drug-likeness (QED) is 0.419. The zero-order valence-corrected chi connectivity index (χ0v) is 17.9. The standard InChI is InChI=1S/C24H24N4OS/c1-3-19-6-4-5-7-20(19)26-23(29)15-28-22-14-25-13-12-21(22)27-24(28)30-16-18-10-8-17(2)9-11-18/h4-14H,3,15-16H2,1-2H3,(H,26,29). The van der Waals surface area contributed by atoms with Gasteiger partial charge in [0.1, 0.15) is 6.54 Å². The van der Waals surface area contributed by atoms with Crippen LogP contribution in [0.15, 0.2) is 72.1 Å². The molecule has 30 heavy (non-hydrogen) atoms. The van der Waals surface area contributed by atoms with Gasteiger partial charge in [-0.3, -0.25) is 9.78 Å². The molecule has 0 bridgehead atoms. The molecular weight excluding hydrogens is 392 g/mol. The summed E-state index contributed by atoms with van der Waals surface area (Å²) in [5.41, 5.74) is 6.16. The Morgan fingerprint density at radius 1 is 1.10 bits per heavy atom. The van der Waals surface area contributed by atoms with Gasteiger partial charge in [-0.1, -0.05) is 66.7 Å². The van der Waals surface area contributed by atoms with Crippen molar-refractivity contribution < 1.29 is 4.79 Å². The van der Waals surface area contributed by atoms with Crippen LogP contribution in [0.25, 0.3) is 11.0 Å². The number of nitrogens with one attached hydrogen (secondary N) is 1. The SMILES string of the molecule is CCc1ccccc1NC(=O)Cn1c(SCc2ccc(C)cc2)nc2ccncc21. The lowest BCUT2D eigenvalue weighted by molar-refractivity contribution is -0.116. The van der Waals surface area contributed by atoms with E-state index in [9.17, 15) is 4.79 Å². The fourth-order valence-corrected chi connectivity index (χ4v) is 4.30. The summed E-state index contributed by atoms with van der Waals surface area (Å²) in [4.78, 5) is 21.8. The van der Waals surface area contributed by atoms with Crippen LogP contribution in [-0.4, -0.2) is 20.4 Å². The molecule has 0 spiro atoms. The second kappa shape index (κ2) is 9.13. The van der Waals surface area contributed by atoms with Crippen molar-refractivity contribution in [2.24, 2.45) is 0 Å². The maximum atomic E-state index is 12.9. The first-order valence-corrected chi connectivity index (χ1v) is 11.0. The van der Waals surface area contributed by atoms with Crippen molar-refractivity contribution >= 4 is 34.4 Å². The molecule has 0 saturated carbocycles. The molecule has 1 N–H and O–H groups in total. The molecule has 0 saturated heterocycles. The second-order valence-electron chi connectivity index (χ2n) is 7.18. The van der Waals surface area contributed by atoms with Gasteiger partial charge in [0.25, 0.3) is 0 Å². The van der Waals surface area contributed by atoms with Gasteiger partial charge in [-0.2, -0.15) is 0 Å². The molecule has 152 valence electrons. The van der Waals surface area contributed by atoms with Gasteiger partial charge in [0.15, 0.2) is 5.16 Å². The fourth-order valence-electron chi connectivity index (χ4n) is 3.33. The topological polar surface area (TPSA) is 59.8 Å². The van der Waals surface area contributed by atoms with E-state index in [0.29, 0.717) is 0 Å². The molecule has 0 radical (unpaired) electrons. The number of rotatable bonds is 7. The fraction of sp³-hybridized carbons (Fsp3) is 0.208. The van der Waals surface area contributed by atoms with E-state index in [1.165, 1.54) is 11.1 Å². The van der Waals surface area contributed by atoms with Crippen molar-refractivity contribution in [3.63, 3.8) is 0 Å². The molecule has 0 fully saturated rings. The molecule has 2 aromatic carbocycles. The minimum Gasteiger partial charge on any atom is -0.324 e. The molecule has 2 heterocycles. The van der Waals surface area contributed by atoms with Crippen LogP contribution in [-0.2, 0) is 23.5 Å². The Hall–Kier alpha value is -3.12. The van der Waals surface area contributed by atoms with Gasteiger partial charge in [-0.15, -0.1) is 0 Å². The van der Waals surface area contributed by atoms with Crippen molar-refractivity contribution in [1.82, 2.24) is 14.5 Å². The van der Waals surface area contributed by atoms with Crippen molar-refractivity contribution in [1.29, 1.82) is 0 Å². The van der Waals surface area contributed by atoms with Gasteiger partial charge >= 0.3 is 0 Å². The van der Waals surface area contributed by atoms with E-state index in [2.05, 4.69) is 48.4 Å². The number of imidazole rings is 1. The number of carbonyl (C=O) groups excluding carboxylic acids is 1. The lowest BCUT2D eigenvalue weighted by atomic mass is 10.1. The Balaban J connectivity index is 1.56. The van der Waals surface area contributed by atoms with Crippen LogP contribution in [0.5, 0.6) is 0 Å². The summed E-state index contributed by atoms with van der Waals surface area (Å²) in [6.07, 6.45) is 4.36. The zero-order chi connectivity index (χ0) is 20.9. The first-order valence-electron chi connectivity index (χ1n) is 10.0. The van der Waals surface area contributed by atoms with E-state index in [-0.39, 0.29) is 12.5 Å². The predicted octanol–water partition coefficient (Wildman–Crippen LogP) is 5.23. The number of hydrogen-bond donors (Lipinski definition) is 1. The molecule has 4 rings (SSSR count). The van der Waals surface area contributed by atoms with E-state index in [1.54, 1.807) is 24.2 Å². The van der Waals surface area contributed by atoms with E-state index < -0.39 is 0 Å². The number of carbonyl (C=O) groups is 1. The van der Waals surface area contributed by atoms with Gasteiger partial charge in [0, 0.05) is 17.6 Å². The summed E-state index contributed by atoms with van der Waals surface area (Å²) in [5, 5.41) is 3.87. The maximum absolute atomic E-state index is 12.9. The second-order valence-corrected chi connectivity index (χ2v) is 8.12. The van der Waals surface area contributed by atoms with Crippen LogP contribution in [0.2, 0.25) is 0 Å². The smallest absolute Gasteiger partial charge is 0.244 e. The highest BCUT2D eigenvalue weighted by molar-refractivity contribution is 7.98. The number of amides is 1. The van der Waals surface area contributed by atoms with Crippen LogP contribution in [0.1, 0.15) is 23.6 Å². The van der Waals surface area contributed by atoms with Crippen molar-refractivity contribution in [3.05, 3.63) is 83.7 Å². The highest BCUT2D eigenvalue weighted by atomic mass is 32.2. The van der Waals surface area contributed by atoms with Crippen LogP contribution in [0.4, 0.5) is 5.69 Å². The molecule has 0 aliphatic heterocycles. The first kappa shape index (κ1) is 20.2. The molecule has 1 amide bonds. The van der Waals surface area contributed by atoms with E-state index in [1.807, 2.05) is 34.9 Å². The Labute approximate surface area is 180 Å². The Morgan fingerprint density at radius 3 is 2.70 bits per heavy atom. The van der Waals surface area contributed by atoms with Crippen LogP contribution < -0.4 is 5.32 Å². The molecule has 6 heteroatoms. The highest BCUT2D eigenvalue weighted by Crippen LogP contribution is 2.27. The lowest BCUT2D eigenvalue weighted by Gasteiger charge is -2.12. The third kappa shape index (κ3) is 4.54. The van der Waals surface area contributed by atoms with Crippen molar-refractivity contribution in [2.45, 2.75) is 37.7 Å². The molecule has 5 nitrogen and oxygen atoms in total. The summed E-state index contributed by atoms with van der Waals surface area (Å²) in [5.74, 6) is 0.716. The first-order chi connectivity index (χ1) is 14.6. The minimum absolute atomic E-state index is 0.0729. The third-order valence-corrected chi connectivity index (χ3v) is 6.03. The largest absolute Gasteiger partial charge is 0.324 e. The Bertz CT molecular complexity index is 1170. The van der Waals surface area contributed by atoms with Gasteiger partial charge in [-0.05, 0) is 36.6 Å². The summed E-state index contributed by atoms with van der Waals surface area (Å²) in [6, 6.07) is 18.3. The van der Waals surface area contributed by atoms with Gasteiger partial charge < -0.3 is 9.88 Å². The number of benzene rings is 2. The average molecular weight is 417 g/mol. The van der Waals surface area contributed by atoms with Crippen LogP contribution in [0.3, 0.4) is 0 Å². The summed E-state index contributed by atoms with van der Waals surface area (Å²) in [7, 11) is 0. The van der Waals surface area contributed by atoms with Gasteiger partial charge in [0.2, 0.25) is 5.91 Å². The van der Waals surface area contributed by atoms with Crippen LogP contribution >= 0.6 is 11.8 Å². The average Bonchev–Trinajstić information content (AvgIpc) is 3.11. The molecule has 0 aliphatic rings. The number of hydrogen-bond acceptors (Lipinski definition) is 4. The number of anilines is 1. The number of thioether (sulfide) groups is 1. The molecule has 0 atom stereocenters. The van der Waals surface area contributed by atoms with E-state index in [0.717, 1.165) is 39.6 Å². The minimum atomic E-state index is -0.0729.